The maximum absolute atomic E-state index is 6.54. The Balaban J connectivity index is 1.59. The Bertz CT molecular complexity index is 1560. The van der Waals surface area contributed by atoms with Crippen LogP contribution < -0.4 is 31.0 Å². The van der Waals surface area contributed by atoms with Crippen LogP contribution in [0.25, 0.3) is 16.8 Å². The number of rotatable bonds is 1. The van der Waals surface area contributed by atoms with Crippen LogP contribution in [0, 0.1) is 13.8 Å². The fourth-order valence-corrected chi connectivity index (χ4v) is 5.28. The molecule has 2 aliphatic rings. The van der Waals surface area contributed by atoms with Gasteiger partial charge in [-0.05, 0) is 30.0 Å². The molecule has 0 saturated heterocycles. The largest absolute Gasteiger partial charge is 0.454 e. The van der Waals surface area contributed by atoms with Gasteiger partial charge >= 0.3 is 5.89 Å². The van der Waals surface area contributed by atoms with E-state index in [2.05, 4.69) is 83.5 Å². The molecular formula is C27H20BN2O2+. The molecule has 32 heavy (non-hydrogen) atoms. The molecule has 5 heteroatoms. The van der Waals surface area contributed by atoms with Gasteiger partial charge in [0, 0.05) is 34.5 Å². The van der Waals surface area contributed by atoms with Gasteiger partial charge in [-0.15, -0.1) is 4.57 Å². The lowest BCUT2D eigenvalue weighted by Crippen LogP contribution is -2.58. The molecule has 4 aromatic carbocycles. The lowest BCUT2D eigenvalue weighted by Gasteiger charge is -2.33. The van der Waals surface area contributed by atoms with Crippen LogP contribution in [0.15, 0.2) is 83.3 Å². The van der Waals surface area contributed by atoms with Gasteiger partial charge in [-0.2, -0.15) is 0 Å². The normalized spacial score (nSPS) is 13.1. The van der Waals surface area contributed by atoms with E-state index in [1.165, 1.54) is 16.5 Å². The van der Waals surface area contributed by atoms with E-state index < -0.39 is 0 Å². The first kappa shape index (κ1) is 17.7. The summed E-state index contributed by atoms with van der Waals surface area (Å²) in [5.41, 5.74) is 9.86. The van der Waals surface area contributed by atoms with E-state index in [4.69, 9.17) is 9.15 Å². The highest BCUT2D eigenvalue weighted by Crippen LogP contribution is 2.38. The Labute approximate surface area is 186 Å². The number of nitrogens with zero attached hydrogens (tertiary/aromatic N) is 1. The lowest BCUT2D eigenvalue weighted by atomic mass is 9.34. The second-order valence-corrected chi connectivity index (χ2v) is 8.54. The van der Waals surface area contributed by atoms with Crippen molar-refractivity contribution in [3.63, 3.8) is 0 Å². The Morgan fingerprint density at radius 1 is 0.812 bits per heavy atom. The molecule has 1 N–H and O–H groups in total. The average Bonchev–Trinajstić information content (AvgIpc) is 3.15. The summed E-state index contributed by atoms with van der Waals surface area (Å²) in [7, 11) is 0. The number of aromatic nitrogens is 1. The minimum atomic E-state index is 0.101. The highest BCUT2D eigenvalue weighted by molar-refractivity contribution is 6.99. The third-order valence-corrected chi connectivity index (χ3v) is 6.69. The third kappa shape index (κ3) is 2.25. The second-order valence-electron chi connectivity index (χ2n) is 8.54. The summed E-state index contributed by atoms with van der Waals surface area (Å²) >= 11 is 0. The molecular weight excluding hydrogens is 395 g/mol. The molecule has 0 aliphatic carbocycles. The number of aryl methyl sites for hydroxylation is 2. The highest BCUT2D eigenvalue weighted by atomic mass is 16.5. The van der Waals surface area contributed by atoms with E-state index in [1.807, 2.05) is 19.1 Å². The number of anilines is 2. The summed E-state index contributed by atoms with van der Waals surface area (Å²) < 4.78 is 15.1. The van der Waals surface area contributed by atoms with Crippen LogP contribution in [0.2, 0.25) is 0 Å². The number of hydrogen-bond acceptors (Lipinski definition) is 3. The quantitative estimate of drug-likeness (QED) is 0.325. The van der Waals surface area contributed by atoms with Crippen LogP contribution in [0.5, 0.6) is 11.5 Å². The van der Waals surface area contributed by atoms with Gasteiger partial charge < -0.3 is 14.5 Å². The summed E-state index contributed by atoms with van der Waals surface area (Å²) in [6.07, 6.45) is 0. The van der Waals surface area contributed by atoms with Gasteiger partial charge in [0.25, 0.3) is 12.2 Å². The van der Waals surface area contributed by atoms with Crippen molar-refractivity contribution in [3.05, 3.63) is 90.3 Å². The van der Waals surface area contributed by atoms with Gasteiger partial charge in [0.1, 0.15) is 5.75 Å². The Morgan fingerprint density at radius 3 is 2.44 bits per heavy atom. The van der Waals surface area contributed by atoms with Crippen molar-refractivity contribution in [2.24, 2.45) is 0 Å². The summed E-state index contributed by atoms with van der Waals surface area (Å²) in [6, 6.07) is 27.4. The Morgan fingerprint density at radius 2 is 1.56 bits per heavy atom. The summed E-state index contributed by atoms with van der Waals surface area (Å²) in [5, 5.41) is 3.67. The molecule has 0 bridgehead atoms. The molecule has 2 aliphatic heterocycles. The van der Waals surface area contributed by atoms with Gasteiger partial charge in [-0.25, -0.2) is 0 Å². The molecule has 0 spiro atoms. The number of hydrogen-bond donors (Lipinski definition) is 1. The number of para-hydroxylation sites is 3. The molecule has 0 atom stereocenters. The first-order chi connectivity index (χ1) is 15.7. The standard InChI is InChI=1S/C27H20BN2O2/c1-16-9-3-7-13-22(16)30-17(2)31-26-23(30)15-21-25-27(26)32-24-14-8-5-11-19(24)28(25)18-10-4-6-12-20(18)29-21/h3-15,29H,1-2H3/q+1. The fourth-order valence-electron chi connectivity index (χ4n) is 5.28. The van der Waals surface area contributed by atoms with Crippen LogP contribution in [0.4, 0.5) is 11.4 Å². The summed E-state index contributed by atoms with van der Waals surface area (Å²) in [4.78, 5) is 0. The van der Waals surface area contributed by atoms with Gasteiger partial charge in [-0.1, -0.05) is 54.6 Å². The zero-order valence-electron chi connectivity index (χ0n) is 17.8. The molecule has 0 unspecified atom stereocenters. The first-order valence-electron chi connectivity index (χ1n) is 10.9. The van der Waals surface area contributed by atoms with Crippen molar-refractivity contribution in [3.8, 4) is 17.2 Å². The molecule has 4 nitrogen and oxygen atoms in total. The highest BCUT2D eigenvalue weighted by Gasteiger charge is 2.42. The van der Waals surface area contributed by atoms with E-state index in [0.717, 1.165) is 51.0 Å². The average molecular weight is 415 g/mol. The van der Waals surface area contributed by atoms with Crippen molar-refractivity contribution >= 4 is 45.6 Å². The number of oxazole rings is 1. The lowest BCUT2D eigenvalue weighted by molar-refractivity contribution is -0.581. The number of fused-ring (bicyclic) bond motifs is 6. The monoisotopic (exact) mass is 415 g/mol. The Kier molecular flexibility index (Phi) is 3.46. The zero-order chi connectivity index (χ0) is 21.4. The maximum atomic E-state index is 6.54. The van der Waals surface area contributed by atoms with Crippen molar-refractivity contribution in [2.45, 2.75) is 13.8 Å². The molecule has 0 fully saturated rings. The molecule has 1 aromatic heterocycles. The SMILES string of the molecule is Cc1ccccc1-[n+]1c(C)oc2c3c4c(cc21)Nc1ccccc1B4c1ccccc1O3. The number of nitrogens with one attached hydrogen (secondary N) is 1. The number of benzene rings is 4. The molecule has 0 amide bonds. The van der Waals surface area contributed by atoms with Gasteiger partial charge in [-0.3, -0.25) is 0 Å². The summed E-state index contributed by atoms with van der Waals surface area (Å²) in [5.74, 6) is 2.51. The molecule has 5 aromatic rings. The molecule has 3 heterocycles. The molecule has 152 valence electrons. The minimum Gasteiger partial charge on any atom is -0.454 e. The Hall–Kier alpha value is -3.99. The second kappa shape index (κ2) is 6.27. The van der Waals surface area contributed by atoms with E-state index in [1.54, 1.807) is 0 Å². The van der Waals surface area contributed by atoms with E-state index >= 15 is 0 Å². The fraction of sp³-hybridized carbons (Fsp3) is 0.0741. The minimum absolute atomic E-state index is 0.101. The first-order valence-corrected chi connectivity index (χ1v) is 10.9. The predicted molar refractivity (Wildman–Crippen MR) is 128 cm³/mol. The van der Waals surface area contributed by atoms with Crippen LogP contribution in [0.3, 0.4) is 0 Å². The van der Waals surface area contributed by atoms with Crippen LogP contribution in [-0.4, -0.2) is 6.71 Å². The van der Waals surface area contributed by atoms with E-state index in [-0.39, 0.29) is 6.71 Å². The van der Waals surface area contributed by atoms with Crippen molar-refractivity contribution < 1.29 is 13.7 Å². The van der Waals surface area contributed by atoms with Crippen LogP contribution >= 0.6 is 0 Å². The maximum Gasteiger partial charge on any atom is 0.350 e. The summed E-state index contributed by atoms with van der Waals surface area (Å²) in [6.45, 7) is 4.23. The molecule has 0 saturated carbocycles. The smallest absolute Gasteiger partial charge is 0.350 e. The zero-order valence-corrected chi connectivity index (χ0v) is 17.8. The van der Waals surface area contributed by atoms with Gasteiger partial charge in [0.05, 0.1) is 6.92 Å². The number of ether oxygens (including phenoxy) is 1. The van der Waals surface area contributed by atoms with E-state index in [0.29, 0.717) is 0 Å². The van der Waals surface area contributed by atoms with Crippen molar-refractivity contribution in [1.29, 1.82) is 0 Å². The third-order valence-electron chi connectivity index (χ3n) is 6.69. The van der Waals surface area contributed by atoms with E-state index in [9.17, 15) is 0 Å². The van der Waals surface area contributed by atoms with Crippen molar-refractivity contribution in [2.75, 3.05) is 5.32 Å². The topological polar surface area (TPSA) is 38.3 Å². The van der Waals surface area contributed by atoms with Crippen LogP contribution in [0.1, 0.15) is 11.5 Å². The van der Waals surface area contributed by atoms with Crippen LogP contribution in [-0.2, 0) is 0 Å². The van der Waals surface area contributed by atoms with Gasteiger partial charge in [0.2, 0.25) is 11.3 Å². The predicted octanol–water partition coefficient (Wildman–Crippen LogP) is 4.01. The molecule has 0 radical (unpaired) electrons. The van der Waals surface area contributed by atoms with Gasteiger partial charge in [0.15, 0.2) is 5.75 Å². The molecule has 7 rings (SSSR count). The van der Waals surface area contributed by atoms with Crippen molar-refractivity contribution in [1.82, 2.24) is 0 Å².